The maximum Gasteiger partial charge on any atom is 0.245 e. The second-order valence-electron chi connectivity index (χ2n) is 5.57. The molecule has 0 aliphatic rings. The first-order valence-electron chi connectivity index (χ1n) is 7.75. The minimum atomic E-state index is -0.390. The Labute approximate surface area is 146 Å². The van der Waals surface area contributed by atoms with Crippen LogP contribution in [0, 0.1) is 0 Å². The van der Waals surface area contributed by atoms with Gasteiger partial charge in [0.2, 0.25) is 5.91 Å². The molecular formula is C19H18ClN3O. The number of aromatic nitrogens is 2. The molecule has 1 aromatic heterocycles. The number of nitrogens with one attached hydrogen (secondary N) is 1. The minimum Gasteiger partial charge on any atom is -0.343 e. The molecule has 122 valence electrons. The first-order valence-corrected chi connectivity index (χ1v) is 8.13. The molecule has 1 N–H and O–H groups in total. The van der Waals surface area contributed by atoms with Gasteiger partial charge in [-0.1, -0.05) is 54.1 Å². The highest BCUT2D eigenvalue weighted by atomic mass is 35.5. The molecule has 1 heterocycles. The summed E-state index contributed by atoms with van der Waals surface area (Å²) in [4.78, 5) is 12.7. The van der Waals surface area contributed by atoms with E-state index < -0.39 is 6.04 Å². The van der Waals surface area contributed by atoms with Crippen LogP contribution in [0.2, 0.25) is 5.02 Å². The topological polar surface area (TPSA) is 46.9 Å². The van der Waals surface area contributed by atoms with Crippen LogP contribution in [0.4, 0.5) is 0 Å². The summed E-state index contributed by atoms with van der Waals surface area (Å²) in [5.41, 5.74) is 1.99. The zero-order valence-corrected chi connectivity index (χ0v) is 14.0. The quantitative estimate of drug-likeness (QED) is 0.763. The summed E-state index contributed by atoms with van der Waals surface area (Å²) < 4.78 is 1.64. The lowest BCUT2D eigenvalue weighted by atomic mass is 9.98. The molecule has 0 fully saturated rings. The molecule has 24 heavy (non-hydrogen) atoms. The van der Waals surface area contributed by atoms with Gasteiger partial charge in [-0.3, -0.25) is 9.48 Å². The molecule has 2 unspecified atom stereocenters. The summed E-state index contributed by atoms with van der Waals surface area (Å²) in [6.45, 7) is 1.83. The predicted molar refractivity (Wildman–Crippen MR) is 94.8 cm³/mol. The molecular weight excluding hydrogens is 322 g/mol. The van der Waals surface area contributed by atoms with Crippen LogP contribution in [0.15, 0.2) is 73.1 Å². The van der Waals surface area contributed by atoms with Gasteiger partial charge in [-0.05, 0) is 36.2 Å². The summed E-state index contributed by atoms with van der Waals surface area (Å²) in [6.07, 6.45) is 3.45. The van der Waals surface area contributed by atoms with E-state index in [4.69, 9.17) is 11.6 Å². The molecule has 0 bridgehead atoms. The van der Waals surface area contributed by atoms with Crippen LogP contribution >= 0.6 is 11.6 Å². The van der Waals surface area contributed by atoms with Gasteiger partial charge < -0.3 is 5.32 Å². The van der Waals surface area contributed by atoms with Crippen LogP contribution in [0.25, 0.3) is 0 Å². The highest BCUT2D eigenvalue weighted by molar-refractivity contribution is 6.30. The number of hydrogen-bond donors (Lipinski definition) is 1. The fourth-order valence-corrected chi connectivity index (χ4v) is 2.68. The highest BCUT2D eigenvalue weighted by Gasteiger charge is 2.21. The molecule has 0 spiro atoms. The van der Waals surface area contributed by atoms with E-state index in [1.807, 2.05) is 61.5 Å². The van der Waals surface area contributed by atoms with Gasteiger partial charge in [-0.25, -0.2) is 0 Å². The molecule has 0 saturated carbocycles. The Balaban J connectivity index is 1.88. The van der Waals surface area contributed by atoms with Crippen LogP contribution in [0.3, 0.4) is 0 Å². The van der Waals surface area contributed by atoms with Gasteiger partial charge in [0.1, 0.15) is 6.04 Å². The molecule has 0 aliphatic carbocycles. The highest BCUT2D eigenvalue weighted by Crippen LogP contribution is 2.24. The predicted octanol–water partition coefficient (Wildman–Crippen LogP) is 4.00. The summed E-state index contributed by atoms with van der Waals surface area (Å²) in [7, 11) is 0. The van der Waals surface area contributed by atoms with E-state index in [0.717, 1.165) is 11.1 Å². The molecule has 0 radical (unpaired) electrons. The third-order valence-electron chi connectivity index (χ3n) is 3.92. The van der Waals surface area contributed by atoms with Gasteiger partial charge in [-0.15, -0.1) is 0 Å². The zero-order valence-electron chi connectivity index (χ0n) is 13.3. The lowest BCUT2D eigenvalue weighted by Crippen LogP contribution is -2.34. The summed E-state index contributed by atoms with van der Waals surface area (Å²) in [5, 5.41) is 7.92. The molecule has 3 aromatic rings. The first-order chi connectivity index (χ1) is 11.6. The SMILES string of the molecule is CC(C(=O)NC(c1ccccc1)c1ccc(Cl)cc1)n1cccn1. The average Bonchev–Trinajstić information content (AvgIpc) is 3.15. The first kappa shape index (κ1) is 16.3. The smallest absolute Gasteiger partial charge is 0.245 e. The summed E-state index contributed by atoms with van der Waals surface area (Å²) in [6, 6.07) is 18.6. The van der Waals surface area contributed by atoms with Crippen LogP contribution in [-0.4, -0.2) is 15.7 Å². The van der Waals surface area contributed by atoms with Crippen LogP contribution in [0.1, 0.15) is 30.1 Å². The largest absolute Gasteiger partial charge is 0.343 e. The van der Waals surface area contributed by atoms with Crippen LogP contribution in [-0.2, 0) is 4.79 Å². The van der Waals surface area contributed by atoms with E-state index in [9.17, 15) is 4.79 Å². The van der Waals surface area contributed by atoms with Crippen molar-refractivity contribution in [3.8, 4) is 0 Å². The number of halogens is 1. The summed E-state index contributed by atoms with van der Waals surface area (Å²) >= 11 is 5.99. The van der Waals surface area contributed by atoms with E-state index in [1.54, 1.807) is 23.1 Å². The Kier molecular flexibility index (Phi) is 4.96. The second-order valence-corrected chi connectivity index (χ2v) is 6.00. The van der Waals surface area contributed by atoms with Crippen molar-refractivity contribution in [2.75, 3.05) is 0 Å². The molecule has 4 nitrogen and oxygen atoms in total. The van der Waals surface area contributed by atoms with E-state index in [2.05, 4.69) is 10.4 Å². The van der Waals surface area contributed by atoms with Crippen molar-refractivity contribution < 1.29 is 4.79 Å². The van der Waals surface area contributed by atoms with Gasteiger partial charge >= 0.3 is 0 Å². The van der Waals surface area contributed by atoms with Crippen molar-refractivity contribution in [2.45, 2.75) is 19.0 Å². The zero-order chi connectivity index (χ0) is 16.9. The molecule has 5 heteroatoms. The van der Waals surface area contributed by atoms with Crippen molar-refractivity contribution >= 4 is 17.5 Å². The van der Waals surface area contributed by atoms with Gasteiger partial charge in [0.15, 0.2) is 0 Å². The van der Waals surface area contributed by atoms with Crippen LogP contribution in [0.5, 0.6) is 0 Å². The Bertz CT molecular complexity index is 785. The molecule has 0 saturated heterocycles. The maximum atomic E-state index is 12.7. The van der Waals surface area contributed by atoms with Crippen molar-refractivity contribution in [2.24, 2.45) is 0 Å². The number of hydrogen-bond acceptors (Lipinski definition) is 2. The number of nitrogens with zero attached hydrogens (tertiary/aromatic N) is 2. The Hall–Kier alpha value is -2.59. The van der Waals surface area contributed by atoms with Crippen molar-refractivity contribution in [3.05, 3.63) is 89.2 Å². The Morgan fingerprint density at radius 1 is 1.04 bits per heavy atom. The molecule has 1 amide bonds. The Morgan fingerprint density at radius 3 is 2.33 bits per heavy atom. The van der Waals surface area contributed by atoms with Crippen molar-refractivity contribution in [1.29, 1.82) is 0 Å². The second kappa shape index (κ2) is 7.32. The normalized spacial score (nSPS) is 13.2. The van der Waals surface area contributed by atoms with Crippen molar-refractivity contribution in [1.82, 2.24) is 15.1 Å². The number of benzene rings is 2. The number of carbonyl (C=O) groups is 1. The van der Waals surface area contributed by atoms with Gasteiger partial charge in [0, 0.05) is 17.4 Å². The third kappa shape index (κ3) is 3.66. The molecule has 3 rings (SSSR count). The standard InChI is InChI=1S/C19H18ClN3O/c1-14(23-13-5-12-21-23)19(24)22-18(15-6-3-2-4-7-15)16-8-10-17(20)11-9-16/h2-14,18H,1H3,(H,22,24). The molecule has 2 aromatic carbocycles. The maximum absolute atomic E-state index is 12.7. The van der Waals surface area contributed by atoms with Crippen LogP contribution < -0.4 is 5.32 Å². The van der Waals surface area contributed by atoms with E-state index >= 15 is 0 Å². The Morgan fingerprint density at radius 2 is 1.71 bits per heavy atom. The number of carbonyl (C=O) groups excluding carboxylic acids is 1. The van der Waals surface area contributed by atoms with Gasteiger partial charge in [0.25, 0.3) is 0 Å². The fraction of sp³-hybridized carbons (Fsp3) is 0.158. The minimum absolute atomic E-state index is 0.0949. The van der Waals surface area contributed by atoms with E-state index in [0.29, 0.717) is 5.02 Å². The summed E-state index contributed by atoms with van der Waals surface area (Å²) in [5.74, 6) is -0.0949. The van der Waals surface area contributed by atoms with Crippen molar-refractivity contribution in [3.63, 3.8) is 0 Å². The average molecular weight is 340 g/mol. The lowest BCUT2D eigenvalue weighted by Gasteiger charge is -2.22. The number of amides is 1. The monoisotopic (exact) mass is 339 g/mol. The van der Waals surface area contributed by atoms with E-state index in [-0.39, 0.29) is 11.9 Å². The third-order valence-corrected chi connectivity index (χ3v) is 4.18. The van der Waals surface area contributed by atoms with Gasteiger partial charge in [0.05, 0.1) is 6.04 Å². The number of rotatable bonds is 5. The van der Waals surface area contributed by atoms with E-state index in [1.165, 1.54) is 0 Å². The van der Waals surface area contributed by atoms with Gasteiger partial charge in [-0.2, -0.15) is 5.10 Å². The fourth-order valence-electron chi connectivity index (χ4n) is 2.55. The lowest BCUT2D eigenvalue weighted by molar-refractivity contribution is -0.124. The molecule has 0 aliphatic heterocycles. The molecule has 2 atom stereocenters.